The van der Waals surface area contributed by atoms with Crippen molar-refractivity contribution >= 4 is 71.7 Å². The molecule has 10 aromatic carbocycles. The first-order chi connectivity index (χ1) is 30.2. The number of fused-ring (bicyclic) bond motifs is 7. The lowest BCUT2D eigenvalue weighted by molar-refractivity contribution is 0.669. The van der Waals surface area contributed by atoms with E-state index in [1.165, 1.54) is 27.5 Å². The van der Waals surface area contributed by atoms with Crippen molar-refractivity contribution in [1.82, 2.24) is 0 Å². The van der Waals surface area contributed by atoms with Crippen LogP contribution < -0.4 is 4.90 Å². The highest BCUT2D eigenvalue weighted by molar-refractivity contribution is 6.14. The molecule has 0 radical (unpaired) electrons. The highest BCUT2D eigenvalue weighted by Gasteiger charge is 2.21. The van der Waals surface area contributed by atoms with Gasteiger partial charge in [-0.05, 0) is 111 Å². The lowest BCUT2D eigenvalue weighted by Crippen LogP contribution is -2.11. The highest BCUT2D eigenvalue weighted by atomic mass is 16.3. The molecule has 0 unspecified atom stereocenters. The summed E-state index contributed by atoms with van der Waals surface area (Å²) >= 11 is 0. The number of anilines is 3. The lowest BCUT2D eigenvalue weighted by atomic mass is 9.97. The largest absolute Gasteiger partial charge is 0.456 e. The fraction of sp³-hybridized carbons (Fsp3) is 0. The molecule has 286 valence electrons. The third-order valence-corrected chi connectivity index (χ3v) is 12.1. The summed E-state index contributed by atoms with van der Waals surface area (Å²) in [6, 6.07) is 80.0. The van der Waals surface area contributed by atoms with Gasteiger partial charge in [-0.2, -0.15) is 0 Å². The first-order valence-electron chi connectivity index (χ1n) is 20.7. The molecule has 0 aliphatic carbocycles. The van der Waals surface area contributed by atoms with Gasteiger partial charge in [0, 0.05) is 44.0 Å². The number of para-hydroxylation sites is 3. The number of nitrogens with zero attached hydrogens (tertiary/aromatic N) is 1. The Morgan fingerprint density at radius 2 is 0.803 bits per heavy atom. The molecule has 2 heterocycles. The summed E-state index contributed by atoms with van der Waals surface area (Å²) < 4.78 is 12.9. The summed E-state index contributed by atoms with van der Waals surface area (Å²) in [6.07, 6.45) is 0. The molecule has 3 nitrogen and oxygen atoms in total. The van der Waals surface area contributed by atoms with E-state index in [1.54, 1.807) is 0 Å². The van der Waals surface area contributed by atoms with Gasteiger partial charge in [0.05, 0.1) is 5.69 Å². The van der Waals surface area contributed by atoms with Gasteiger partial charge in [-0.25, -0.2) is 0 Å². The van der Waals surface area contributed by atoms with Crippen molar-refractivity contribution in [2.75, 3.05) is 4.90 Å². The van der Waals surface area contributed by atoms with Gasteiger partial charge in [0.1, 0.15) is 22.3 Å². The fourth-order valence-corrected chi connectivity index (χ4v) is 9.04. The molecular formula is C58H37NO2. The van der Waals surface area contributed by atoms with Crippen LogP contribution >= 0.6 is 0 Å². The molecule has 0 atom stereocenters. The molecule has 61 heavy (non-hydrogen) atoms. The van der Waals surface area contributed by atoms with Crippen LogP contribution in [0.4, 0.5) is 17.1 Å². The molecule has 0 saturated carbocycles. The second kappa shape index (κ2) is 14.3. The van der Waals surface area contributed by atoms with E-state index in [-0.39, 0.29) is 0 Å². The van der Waals surface area contributed by atoms with Crippen molar-refractivity contribution in [3.05, 3.63) is 224 Å². The van der Waals surface area contributed by atoms with Crippen LogP contribution in [0.1, 0.15) is 0 Å². The van der Waals surface area contributed by atoms with E-state index < -0.39 is 0 Å². The zero-order valence-electron chi connectivity index (χ0n) is 33.1. The molecule has 12 rings (SSSR count). The van der Waals surface area contributed by atoms with Crippen LogP contribution in [0.25, 0.3) is 99.2 Å². The monoisotopic (exact) mass is 779 g/mol. The van der Waals surface area contributed by atoms with Gasteiger partial charge in [0.15, 0.2) is 0 Å². The second-order valence-electron chi connectivity index (χ2n) is 15.7. The zero-order valence-corrected chi connectivity index (χ0v) is 33.1. The fourth-order valence-electron chi connectivity index (χ4n) is 9.04. The molecule has 0 spiro atoms. The maximum atomic E-state index is 6.79. The van der Waals surface area contributed by atoms with Crippen LogP contribution in [0.15, 0.2) is 233 Å². The smallest absolute Gasteiger partial charge is 0.143 e. The van der Waals surface area contributed by atoms with E-state index in [1.807, 2.05) is 12.1 Å². The average molecular weight is 780 g/mol. The Balaban J connectivity index is 0.991. The molecule has 0 amide bonds. The highest BCUT2D eigenvalue weighted by Crippen LogP contribution is 2.45. The van der Waals surface area contributed by atoms with E-state index in [0.29, 0.717) is 0 Å². The first-order valence-corrected chi connectivity index (χ1v) is 20.7. The summed E-state index contributed by atoms with van der Waals surface area (Å²) in [5.74, 6) is 0. The number of rotatable bonds is 7. The van der Waals surface area contributed by atoms with Crippen LogP contribution in [0.3, 0.4) is 0 Å². The molecular weight excluding hydrogens is 743 g/mol. The number of hydrogen-bond donors (Lipinski definition) is 0. The van der Waals surface area contributed by atoms with Crippen molar-refractivity contribution in [1.29, 1.82) is 0 Å². The van der Waals surface area contributed by atoms with Crippen LogP contribution in [0, 0.1) is 0 Å². The molecule has 0 fully saturated rings. The normalized spacial score (nSPS) is 11.6. The second-order valence-corrected chi connectivity index (χ2v) is 15.7. The van der Waals surface area contributed by atoms with Crippen molar-refractivity contribution in [3.63, 3.8) is 0 Å². The molecule has 0 N–H and O–H groups in total. The molecule has 0 aliphatic heterocycles. The van der Waals surface area contributed by atoms with Crippen molar-refractivity contribution < 1.29 is 8.83 Å². The Hall–Kier alpha value is -8.14. The summed E-state index contributed by atoms with van der Waals surface area (Å²) in [6.45, 7) is 0. The van der Waals surface area contributed by atoms with Crippen LogP contribution in [0.5, 0.6) is 0 Å². The van der Waals surface area contributed by atoms with Gasteiger partial charge in [0.25, 0.3) is 0 Å². The lowest BCUT2D eigenvalue weighted by Gasteiger charge is -2.28. The Bertz CT molecular complexity index is 3580. The Kier molecular flexibility index (Phi) is 8.17. The summed E-state index contributed by atoms with van der Waals surface area (Å²) in [4.78, 5) is 2.37. The van der Waals surface area contributed by atoms with E-state index in [4.69, 9.17) is 8.83 Å². The van der Waals surface area contributed by atoms with Crippen molar-refractivity contribution in [2.45, 2.75) is 0 Å². The van der Waals surface area contributed by atoms with E-state index >= 15 is 0 Å². The van der Waals surface area contributed by atoms with Gasteiger partial charge in [0.2, 0.25) is 0 Å². The maximum absolute atomic E-state index is 6.79. The topological polar surface area (TPSA) is 29.5 Å². The zero-order chi connectivity index (χ0) is 40.3. The number of furan rings is 2. The number of benzene rings is 10. The Labute approximate surface area is 353 Å². The van der Waals surface area contributed by atoms with Gasteiger partial charge in [-0.3, -0.25) is 0 Å². The van der Waals surface area contributed by atoms with Crippen molar-refractivity contribution in [3.8, 4) is 44.5 Å². The van der Waals surface area contributed by atoms with E-state index in [2.05, 4.69) is 217 Å². The van der Waals surface area contributed by atoms with Gasteiger partial charge >= 0.3 is 0 Å². The minimum absolute atomic E-state index is 0.881. The van der Waals surface area contributed by atoms with Gasteiger partial charge in [-0.1, -0.05) is 158 Å². The predicted octanol–water partition coefficient (Wildman–Crippen LogP) is 16.8. The summed E-state index contributed by atoms with van der Waals surface area (Å²) in [5, 5.41) is 6.84. The quantitative estimate of drug-likeness (QED) is 0.161. The SMILES string of the molecule is c1ccc(-c2cccc(-c3ccc(N(c4ccc(-c5ccc6oc7ccccc7c6c5)cc4)c4ccccc4-c4cccc5c4oc4cc6ccccc6cc45)cc3)c2)cc1. The predicted molar refractivity (Wildman–Crippen MR) is 255 cm³/mol. The van der Waals surface area contributed by atoms with E-state index in [9.17, 15) is 0 Å². The summed E-state index contributed by atoms with van der Waals surface area (Å²) in [5.41, 5.74) is 15.9. The maximum Gasteiger partial charge on any atom is 0.143 e. The van der Waals surface area contributed by atoms with Crippen molar-refractivity contribution in [2.24, 2.45) is 0 Å². The first kappa shape index (κ1) is 34.9. The molecule has 0 saturated heterocycles. The molecule has 2 aromatic heterocycles. The third kappa shape index (κ3) is 6.06. The Morgan fingerprint density at radius 3 is 1.57 bits per heavy atom. The Morgan fingerprint density at radius 1 is 0.279 bits per heavy atom. The summed E-state index contributed by atoms with van der Waals surface area (Å²) in [7, 11) is 0. The standard InChI is InChI=1S/C58H37NO2/c1-2-12-38(13-3-1)41-16-10-17-42(34-41)39-24-29-46(30-25-39)59(47-31-26-40(27-32-47)45-28-33-56-52(36-45)49-19-7-9-23-55(49)60-56)54-22-8-6-18-48(54)50-20-11-21-51-53-35-43-14-4-5-15-44(43)37-57(53)61-58(50)51/h1-37H. The van der Waals surface area contributed by atoms with Crippen LogP contribution in [0.2, 0.25) is 0 Å². The third-order valence-electron chi connectivity index (χ3n) is 12.1. The van der Waals surface area contributed by atoms with Crippen LogP contribution in [-0.4, -0.2) is 0 Å². The molecule has 12 aromatic rings. The molecule has 0 aliphatic rings. The molecule has 3 heteroatoms. The number of hydrogen-bond acceptors (Lipinski definition) is 3. The van der Waals surface area contributed by atoms with Gasteiger partial charge in [-0.15, -0.1) is 0 Å². The average Bonchev–Trinajstić information content (AvgIpc) is 3.89. The van der Waals surface area contributed by atoms with Crippen LogP contribution in [-0.2, 0) is 0 Å². The van der Waals surface area contributed by atoms with Gasteiger partial charge < -0.3 is 13.7 Å². The molecule has 0 bridgehead atoms. The van der Waals surface area contributed by atoms with E-state index in [0.717, 1.165) is 88.8 Å². The minimum Gasteiger partial charge on any atom is -0.456 e. The minimum atomic E-state index is 0.881.